The Morgan fingerprint density at radius 1 is 1.14 bits per heavy atom. The smallest absolute Gasteiger partial charge is 0.149 e. The summed E-state index contributed by atoms with van der Waals surface area (Å²) in [6.07, 6.45) is 5.32. The van der Waals surface area contributed by atoms with E-state index in [-0.39, 0.29) is 6.04 Å². The van der Waals surface area contributed by atoms with Gasteiger partial charge in [0.2, 0.25) is 0 Å². The number of hydrogen-bond acceptors (Lipinski definition) is 5. The molecule has 0 aliphatic carbocycles. The quantitative estimate of drug-likeness (QED) is 0.777. The first-order valence-electron chi connectivity index (χ1n) is 6.97. The van der Waals surface area contributed by atoms with E-state index in [0.29, 0.717) is 26.9 Å². The molecule has 0 fully saturated rings. The van der Waals surface area contributed by atoms with Crippen molar-refractivity contribution < 1.29 is 0 Å². The van der Waals surface area contributed by atoms with Gasteiger partial charge in [-0.3, -0.25) is 4.98 Å². The fourth-order valence-corrected chi connectivity index (χ4v) is 3.00. The number of benzene rings is 1. The normalized spacial score (nSPS) is 17.5. The van der Waals surface area contributed by atoms with Crippen LogP contribution in [0.5, 0.6) is 0 Å². The van der Waals surface area contributed by atoms with Gasteiger partial charge in [-0.25, -0.2) is 14.6 Å². The van der Waals surface area contributed by atoms with Crippen LogP contribution >= 0.6 is 23.2 Å². The molecule has 0 amide bonds. The van der Waals surface area contributed by atoms with Crippen LogP contribution in [-0.2, 0) is 6.54 Å². The number of aromatic nitrogens is 5. The molecule has 2 aromatic heterocycles. The molecule has 0 spiro atoms. The van der Waals surface area contributed by atoms with E-state index >= 15 is 0 Å². The summed E-state index contributed by atoms with van der Waals surface area (Å²) in [5.74, 6) is 1.62. The highest BCUT2D eigenvalue weighted by atomic mass is 35.5. The summed E-state index contributed by atoms with van der Waals surface area (Å²) >= 11 is 12.0. The van der Waals surface area contributed by atoms with Crippen LogP contribution in [0.25, 0.3) is 11.0 Å². The predicted molar refractivity (Wildman–Crippen MR) is 85.2 cm³/mol. The van der Waals surface area contributed by atoms with E-state index in [9.17, 15) is 0 Å². The van der Waals surface area contributed by atoms with Gasteiger partial charge in [0.1, 0.15) is 18.0 Å². The van der Waals surface area contributed by atoms with E-state index in [0.717, 1.165) is 25.2 Å². The molecule has 0 saturated heterocycles. The summed E-state index contributed by atoms with van der Waals surface area (Å²) in [6, 6.07) is 3.53. The van der Waals surface area contributed by atoms with E-state index in [1.807, 2.05) is 4.68 Å². The Morgan fingerprint density at radius 3 is 2.82 bits per heavy atom. The lowest BCUT2D eigenvalue weighted by molar-refractivity contribution is 0.437. The Morgan fingerprint density at radius 2 is 1.95 bits per heavy atom. The lowest BCUT2D eigenvalue weighted by Gasteiger charge is -2.23. The van der Waals surface area contributed by atoms with Gasteiger partial charge in [-0.15, -0.1) is 0 Å². The minimum atomic E-state index is 0.0887. The molecule has 0 bridgehead atoms. The summed E-state index contributed by atoms with van der Waals surface area (Å²) in [6.45, 7) is 0.908. The van der Waals surface area contributed by atoms with E-state index < -0.39 is 0 Å². The molecule has 1 aromatic carbocycles. The zero-order valence-electron chi connectivity index (χ0n) is 11.5. The number of anilines is 1. The maximum atomic E-state index is 6.04. The number of rotatable bonds is 2. The van der Waals surface area contributed by atoms with Crippen molar-refractivity contribution in [3.8, 4) is 0 Å². The molecule has 1 N–H and O–H groups in total. The molecule has 3 heterocycles. The highest BCUT2D eigenvalue weighted by Crippen LogP contribution is 2.28. The minimum Gasteiger partial charge on any atom is -0.359 e. The molecular formula is C14H12Cl2N6. The maximum Gasteiger partial charge on any atom is 0.149 e. The summed E-state index contributed by atoms with van der Waals surface area (Å²) in [5.41, 5.74) is 1.42. The number of halogens is 2. The van der Waals surface area contributed by atoms with Crippen LogP contribution < -0.4 is 5.32 Å². The lowest BCUT2D eigenvalue weighted by atomic mass is 10.1. The standard InChI is InChI=1S/C14H12Cl2N6/c15-8-4-11-12(5-9(8)16)21-13(6-17-11)20-10-2-1-3-22-14(10)18-7-19-22/h4-7,10H,1-3H2,(H,20,21). The number of aryl methyl sites for hydroxylation is 1. The molecule has 0 saturated carbocycles. The SMILES string of the molecule is Clc1cc2ncc(NC3CCCn4ncnc43)nc2cc1Cl. The van der Waals surface area contributed by atoms with E-state index in [2.05, 4.69) is 25.4 Å². The number of nitrogens with zero attached hydrogens (tertiary/aromatic N) is 5. The second-order valence-electron chi connectivity index (χ2n) is 5.19. The summed E-state index contributed by atoms with van der Waals surface area (Å²) in [5, 5.41) is 8.54. The lowest BCUT2D eigenvalue weighted by Crippen LogP contribution is -2.23. The Labute approximate surface area is 136 Å². The fourth-order valence-electron chi connectivity index (χ4n) is 2.68. The van der Waals surface area contributed by atoms with Crippen molar-refractivity contribution in [1.29, 1.82) is 0 Å². The van der Waals surface area contributed by atoms with Crippen molar-refractivity contribution in [1.82, 2.24) is 24.7 Å². The Kier molecular flexibility index (Phi) is 3.35. The molecule has 1 atom stereocenters. The molecule has 4 rings (SSSR count). The molecule has 1 unspecified atom stereocenters. The third kappa shape index (κ3) is 2.38. The van der Waals surface area contributed by atoms with Crippen molar-refractivity contribution in [3.05, 3.63) is 40.5 Å². The van der Waals surface area contributed by atoms with Crippen molar-refractivity contribution >= 4 is 40.1 Å². The Bertz CT molecular complexity index is 846. The van der Waals surface area contributed by atoms with Crippen LogP contribution in [0.2, 0.25) is 10.0 Å². The van der Waals surface area contributed by atoms with Gasteiger partial charge in [0.05, 0.1) is 33.3 Å². The molecular weight excluding hydrogens is 323 g/mol. The van der Waals surface area contributed by atoms with Gasteiger partial charge in [-0.05, 0) is 25.0 Å². The molecule has 0 radical (unpaired) electrons. The van der Waals surface area contributed by atoms with Gasteiger partial charge in [0.15, 0.2) is 0 Å². The second-order valence-corrected chi connectivity index (χ2v) is 6.01. The van der Waals surface area contributed by atoms with Crippen LogP contribution in [-0.4, -0.2) is 24.7 Å². The van der Waals surface area contributed by atoms with E-state index in [1.54, 1.807) is 24.7 Å². The monoisotopic (exact) mass is 334 g/mol. The predicted octanol–water partition coefficient (Wildman–Crippen LogP) is 3.48. The highest BCUT2D eigenvalue weighted by molar-refractivity contribution is 6.42. The van der Waals surface area contributed by atoms with Crippen LogP contribution in [0.4, 0.5) is 5.82 Å². The molecule has 8 heteroatoms. The third-order valence-corrected chi connectivity index (χ3v) is 4.45. The van der Waals surface area contributed by atoms with Crippen molar-refractivity contribution in [3.63, 3.8) is 0 Å². The van der Waals surface area contributed by atoms with Gasteiger partial charge < -0.3 is 5.32 Å². The molecule has 1 aliphatic rings. The first-order valence-corrected chi connectivity index (χ1v) is 7.72. The zero-order chi connectivity index (χ0) is 15.1. The van der Waals surface area contributed by atoms with E-state index in [4.69, 9.17) is 23.2 Å². The van der Waals surface area contributed by atoms with Crippen molar-refractivity contribution in [2.75, 3.05) is 5.32 Å². The number of nitrogens with one attached hydrogen (secondary N) is 1. The topological polar surface area (TPSA) is 68.5 Å². The van der Waals surface area contributed by atoms with Gasteiger partial charge in [0, 0.05) is 6.54 Å². The second kappa shape index (κ2) is 5.37. The van der Waals surface area contributed by atoms with Crippen LogP contribution in [0.3, 0.4) is 0 Å². The molecule has 1 aliphatic heterocycles. The Balaban J connectivity index is 1.67. The van der Waals surface area contributed by atoms with Gasteiger partial charge in [-0.1, -0.05) is 23.2 Å². The van der Waals surface area contributed by atoms with Crippen LogP contribution in [0, 0.1) is 0 Å². The number of hydrogen-bond donors (Lipinski definition) is 1. The zero-order valence-corrected chi connectivity index (χ0v) is 13.0. The first kappa shape index (κ1) is 13.7. The van der Waals surface area contributed by atoms with Crippen LogP contribution in [0.15, 0.2) is 24.7 Å². The van der Waals surface area contributed by atoms with Crippen molar-refractivity contribution in [2.24, 2.45) is 0 Å². The van der Waals surface area contributed by atoms with Crippen molar-refractivity contribution in [2.45, 2.75) is 25.4 Å². The van der Waals surface area contributed by atoms with E-state index in [1.165, 1.54) is 0 Å². The third-order valence-electron chi connectivity index (χ3n) is 3.73. The van der Waals surface area contributed by atoms with Crippen LogP contribution in [0.1, 0.15) is 24.7 Å². The molecule has 3 aromatic rings. The summed E-state index contributed by atoms with van der Waals surface area (Å²) in [4.78, 5) is 13.3. The largest absolute Gasteiger partial charge is 0.359 e. The van der Waals surface area contributed by atoms with Gasteiger partial charge >= 0.3 is 0 Å². The minimum absolute atomic E-state index is 0.0887. The molecule has 112 valence electrons. The fraction of sp³-hybridized carbons (Fsp3) is 0.286. The first-order chi connectivity index (χ1) is 10.7. The Hall–Kier alpha value is -1.92. The number of fused-ring (bicyclic) bond motifs is 2. The van der Waals surface area contributed by atoms with Gasteiger partial charge in [0.25, 0.3) is 0 Å². The summed E-state index contributed by atoms with van der Waals surface area (Å²) < 4.78 is 1.92. The molecule has 6 nitrogen and oxygen atoms in total. The average Bonchev–Trinajstić information content (AvgIpc) is 2.98. The highest BCUT2D eigenvalue weighted by Gasteiger charge is 2.22. The van der Waals surface area contributed by atoms with Gasteiger partial charge in [-0.2, -0.15) is 5.10 Å². The molecule has 22 heavy (non-hydrogen) atoms. The summed E-state index contributed by atoms with van der Waals surface area (Å²) in [7, 11) is 0. The average molecular weight is 335 g/mol. The maximum absolute atomic E-state index is 6.04.